The van der Waals surface area contributed by atoms with Crippen LogP contribution >= 0.6 is 0 Å². The highest BCUT2D eigenvalue weighted by atomic mass is 16.5. The quantitative estimate of drug-likeness (QED) is 0.609. The van der Waals surface area contributed by atoms with Crippen molar-refractivity contribution >= 4 is 12.9 Å². The van der Waals surface area contributed by atoms with Crippen LogP contribution in [0.5, 0.6) is 0 Å². The van der Waals surface area contributed by atoms with Gasteiger partial charge in [-0.25, -0.2) is 0 Å². The number of nitrogens with zero attached hydrogens (tertiary/aromatic N) is 2. The van der Waals surface area contributed by atoms with E-state index < -0.39 is 0 Å². The lowest BCUT2D eigenvalue weighted by Gasteiger charge is -2.37. The van der Waals surface area contributed by atoms with E-state index in [2.05, 4.69) is 23.6 Å². The van der Waals surface area contributed by atoms with Crippen molar-refractivity contribution < 1.29 is 29.6 Å². The molecule has 0 amide bonds. The SMILES string of the molecule is CC(C)(CN1CCOCC1)CN1C[C@H]2CC(O)C[C@H]2C1.O=CO.O=CO. The summed E-state index contributed by atoms with van der Waals surface area (Å²) >= 11 is 0. The Kier molecular flexibility index (Phi) is 10.1. The Hall–Kier alpha value is -1.22. The second-order valence-electron chi connectivity index (χ2n) is 8.10. The monoisotopic (exact) mass is 374 g/mol. The zero-order valence-electron chi connectivity index (χ0n) is 15.9. The van der Waals surface area contributed by atoms with Crippen molar-refractivity contribution in [2.24, 2.45) is 17.3 Å². The van der Waals surface area contributed by atoms with Crippen LogP contribution in [0, 0.1) is 17.3 Å². The highest BCUT2D eigenvalue weighted by Gasteiger charge is 2.41. The van der Waals surface area contributed by atoms with Gasteiger partial charge in [0.05, 0.1) is 19.3 Å². The Balaban J connectivity index is 0.000000499. The molecule has 1 aliphatic carbocycles. The Morgan fingerprint density at radius 3 is 1.85 bits per heavy atom. The summed E-state index contributed by atoms with van der Waals surface area (Å²) in [5.74, 6) is 1.51. The number of rotatable bonds is 4. The van der Waals surface area contributed by atoms with Gasteiger partial charge in [0.2, 0.25) is 0 Å². The van der Waals surface area contributed by atoms with Gasteiger partial charge in [-0.2, -0.15) is 0 Å². The maximum atomic E-state index is 9.73. The number of carboxylic acid groups (broad SMARTS) is 2. The highest BCUT2D eigenvalue weighted by molar-refractivity contribution is 5.33. The molecular weight excluding hydrogens is 340 g/mol. The predicted molar refractivity (Wildman–Crippen MR) is 97.1 cm³/mol. The van der Waals surface area contributed by atoms with Gasteiger partial charge in [-0.3, -0.25) is 14.5 Å². The lowest BCUT2D eigenvalue weighted by molar-refractivity contribution is -0.123. The molecule has 8 nitrogen and oxygen atoms in total. The maximum Gasteiger partial charge on any atom is 0.290 e. The van der Waals surface area contributed by atoms with Crippen LogP contribution in [0.2, 0.25) is 0 Å². The number of carbonyl (C=O) groups is 2. The second kappa shape index (κ2) is 11.5. The minimum Gasteiger partial charge on any atom is -0.483 e. The van der Waals surface area contributed by atoms with Crippen molar-refractivity contribution in [1.29, 1.82) is 0 Å². The number of hydrogen-bond donors (Lipinski definition) is 3. The molecule has 3 N–H and O–H groups in total. The molecule has 2 heterocycles. The van der Waals surface area contributed by atoms with Crippen molar-refractivity contribution in [1.82, 2.24) is 9.80 Å². The number of fused-ring (bicyclic) bond motifs is 1. The summed E-state index contributed by atoms with van der Waals surface area (Å²) in [6, 6.07) is 0. The molecule has 3 aliphatic rings. The van der Waals surface area contributed by atoms with Gasteiger partial charge in [-0.15, -0.1) is 0 Å². The molecule has 1 saturated carbocycles. The van der Waals surface area contributed by atoms with E-state index in [0.717, 1.165) is 51.0 Å². The van der Waals surface area contributed by atoms with E-state index in [1.54, 1.807) is 0 Å². The average molecular weight is 374 g/mol. The fraction of sp³-hybridized carbons (Fsp3) is 0.889. The van der Waals surface area contributed by atoms with Gasteiger partial charge >= 0.3 is 0 Å². The van der Waals surface area contributed by atoms with E-state index in [9.17, 15) is 5.11 Å². The van der Waals surface area contributed by atoms with E-state index in [-0.39, 0.29) is 19.0 Å². The molecular formula is C18H34N2O6. The first kappa shape index (κ1) is 22.8. The Bertz CT molecular complexity index is 394. The van der Waals surface area contributed by atoms with E-state index in [1.807, 2.05) is 0 Å². The molecule has 2 saturated heterocycles. The second-order valence-corrected chi connectivity index (χ2v) is 8.10. The Morgan fingerprint density at radius 1 is 0.962 bits per heavy atom. The van der Waals surface area contributed by atoms with Gasteiger partial charge in [0.15, 0.2) is 0 Å². The normalized spacial score (nSPS) is 29.0. The maximum absolute atomic E-state index is 9.73. The summed E-state index contributed by atoms with van der Waals surface area (Å²) in [5, 5.41) is 23.5. The van der Waals surface area contributed by atoms with Crippen LogP contribution in [-0.4, -0.2) is 96.7 Å². The Morgan fingerprint density at radius 2 is 1.38 bits per heavy atom. The molecule has 3 rings (SSSR count). The standard InChI is InChI=1S/C16H30N2O2.2CH2O2/c1-16(2,11-17-3-5-20-6-4-17)12-18-9-13-7-15(19)8-14(13)10-18;2*2-1-3/h13-15,19H,3-12H2,1-2H3;2*1H,(H,2,3)/t13-,14+,15?;;. The average Bonchev–Trinajstić information content (AvgIpc) is 3.05. The van der Waals surface area contributed by atoms with E-state index in [1.165, 1.54) is 26.2 Å². The number of ether oxygens (including phenoxy) is 1. The summed E-state index contributed by atoms with van der Waals surface area (Å²) in [5.41, 5.74) is 0.342. The van der Waals surface area contributed by atoms with Crippen molar-refractivity contribution in [2.45, 2.75) is 32.8 Å². The molecule has 0 spiro atoms. The largest absolute Gasteiger partial charge is 0.483 e. The van der Waals surface area contributed by atoms with Crippen LogP contribution < -0.4 is 0 Å². The third-order valence-electron chi connectivity index (χ3n) is 5.21. The van der Waals surface area contributed by atoms with Crippen molar-refractivity contribution in [3.05, 3.63) is 0 Å². The highest BCUT2D eigenvalue weighted by Crippen LogP contribution is 2.39. The van der Waals surface area contributed by atoms with E-state index in [0.29, 0.717) is 5.41 Å². The topological polar surface area (TPSA) is 111 Å². The molecule has 0 aromatic heterocycles. The van der Waals surface area contributed by atoms with Crippen molar-refractivity contribution in [2.75, 3.05) is 52.5 Å². The van der Waals surface area contributed by atoms with E-state index >= 15 is 0 Å². The third-order valence-corrected chi connectivity index (χ3v) is 5.21. The molecule has 0 radical (unpaired) electrons. The lowest BCUT2D eigenvalue weighted by atomic mass is 9.91. The predicted octanol–water partition coefficient (Wildman–Crippen LogP) is 0.449. The van der Waals surface area contributed by atoms with Crippen molar-refractivity contribution in [3.63, 3.8) is 0 Å². The molecule has 152 valence electrons. The first-order valence-corrected chi connectivity index (χ1v) is 9.21. The molecule has 3 atom stereocenters. The lowest BCUT2D eigenvalue weighted by Crippen LogP contribution is -2.46. The van der Waals surface area contributed by atoms with Gasteiger partial charge in [-0.1, -0.05) is 13.8 Å². The van der Waals surface area contributed by atoms with Crippen LogP contribution in [0.15, 0.2) is 0 Å². The molecule has 3 fully saturated rings. The fourth-order valence-electron chi connectivity index (χ4n) is 4.51. The first-order valence-electron chi connectivity index (χ1n) is 9.21. The van der Waals surface area contributed by atoms with Crippen molar-refractivity contribution in [3.8, 4) is 0 Å². The molecule has 1 unspecified atom stereocenters. The van der Waals surface area contributed by atoms with Crippen LogP contribution in [0.3, 0.4) is 0 Å². The number of likely N-dealkylation sites (tertiary alicyclic amines) is 1. The van der Waals surface area contributed by atoms with Gasteiger partial charge < -0.3 is 25.0 Å². The van der Waals surface area contributed by atoms with E-state index in [4.69, 9.17) is 24.5 Å². The van der Waals surface area contributed by atoms with Gasteiger partial charge in [-0.05, 0) is 30.1 Å². The summed E-state index contributed by atoms with van der Waals surface area (Å²) < 4.78 is 5.43. The minimum absolute atomic E-state index is 0.0199. The van der Waals surface area contributed by atoms with Crippen LogP contribution in [0.1, 0.15) is 26.7 Å². The molecule has 2 aliphatic heterocycles. The molecule has 26 heavy (non-hydrogen) atoms. The zero-order valence-corrected chi connectivity index (χ0v) is 15.9. The van der Waals surface area contributed by atoms with Crippen LogP contribution in [0.4, 0.5) is 0 Å². The first-order chi connectivity index (χ1) is 12.3. The minimum atomic E-state index is -0.250. The van der Waals surface area contributed by atoms with Crippen LogP contribution in [0.25, 0.3) is 0 Å². The zero-order chi connectivity index (χ0) is 19.6. The number of hydrogen-bond acceptors (Lipinski definition) is 6. The Labute approximate surface area is 155 Å². The number of morpholine rings is 1. The molecule has 0 aromatic carbocycles. The number of aliphatic hydroxyl groups excluding tert-OH is 1. The molecule has 8 heteroatoms. The van der Waals surface area contributed by atoms with Gasteiger partial charge in [0.25, 0.3) is 12.9 Å². The number of aliphatic hydroxyl groups is 1. The van der Waals surface area contributed by atoms with Gasteiger partial charge in [0, 0.05) is 39.3 Å². The van der Waals surface area contributed by atoms with Gasteiger partial charge in [0.1, 0.15) is 0 Å². The molecule has 0 aromatic rings. The third kappa shape index (κ3) is 7.99. The smallest absolute Gasteiger partial charge is 0.290 e. The summed E-state index contributed by atoms with van der Waals surface area (Å²) in [4.78, 5) is 21.9. The summed E-state index contributed by atoms with van der Waals surface area (Å²) in [7, 11) is 0. The summed E-state index contributed by atoms with van der Waals surface area (Å²) in [6.07, 6.45) is 2.05. The summed E-state index contributed by atoms with van der Waals surface area (Å²) in [6.45, 7) is 13.0. The van der Waals surface area contributed by atoms with Crippen LogP contribution in [-0.2, 0) is 14.3 Å². The fourth-order valence-corrected chi connectivity index (χ4v) is 4.51. The molecule has 0 bridgehead atoms.